The van der Waals surface area contributed by atoms with E-state index < -0.39 is 0 Å². The highest BCUT2D eigenvalue weighted by Crippen LogP contribution is 2.16. The average molecular weight is 184 g/mol. The molecule has 0 aliphatic rings. The van der Waals surface area contributed by atoms with Gasteiger partial charge in [-0.05, 0) is 38.0 Å². The van der Waals surface area contributed by atoms with Crippen LogP contribution < -0.4 is 5.32 Å². The molecule has 0 unspecified atom stereocenters. The maximum absolute atomic E-state index is 3.13. The van der Waals surface area contributed by atoms with Crippen molar-refractivity contribution in [1.29, 1.82) is 0 Å². The molecule has 0 aromatic carbocycles. The molecule has 68 valence electrons. The standard InChI is InChI=1S/C9H16N2S/c1-8-4-5-12-9(8)6-11(3)7-10-2/h4-5,10H,6-7H2,1-3H3. The van der Waals surface area contributed by atoms with Crippen molar-refractivity contribution in [2.75, 3.05) is 20.8 Å². The summed E-state index contributed by atoms with van der Waals surface area (Å²) in [7, 11) is 4.09. The van der Waals surface area contributed by atoms with Crippen LogP contribution in [0, 0.1) is 6.92 Å². The van der Waals surface area contributed by atoms with Crippen LogP contribution in [0.5, 0.6) is 0 Å². The van der Waals surface area contributed by atoms with Crippen LogP contribution in [0.1, 0.15) is 10.4 Å². The molecular formula is C9H16N2S. The summed E-state index contributed by atoms with van der Waals surface area (Å²) in [5.41, 5.74) is 1.41. The van der Waals surface area contributed by atoms with Gasteiger partial charge >= 0.3 is 0 Å². The van der Waals surface area contributed by atoms with Crippen LogP contribution in [0.2, 0.25) is 0 Å². The number of nitrogens with one attached hydrogen (secondary N) is 1. The van der Waals surface area contributed by atoms with Crippen molar-refractivity contribution in [2.24, 2.45) is 0 Å². The van der Waals surface area contributed by atoms with E-state index in [-0.39, 0.29) is 0 Å². The first-order chi connectivity index (χ1) is 5.74. The van der Waals surface area contributed by atoms with E-state index in [9.17, 15) is 0 Å². The Balaban J connectivity index is 2.46. The molecule has 1 heterocycles. The Labute approximate surface area is 78.2 Å². The molecule has 1 rings (SSSR count). The lowest BCUT2D eigenvalue weighted by Crippen LogP contribution is -2.27. The van der Waals surface area contributed by atoms with Crippen molar-refractivity contribution in [3.8, 4) is 0 Å². The first-order valence-corrected chi connectivity index (χ1v) is 4.98. The quantitative estimate of drug-likeness (QED) is 0.716. The molecular weight excluding hydrogens is 168 g/mol. The van der Waals surface area contributed by atoms with Crippen LogP contribution in [-0.4, -0.2) is 25.7 Å². The van der Waals surface area contributed by atoms with Crippen molar-refractivity contribution >= 4 is 11.3 Å². The SMILES string of the molecule is CNCN(C)Cc1sccc1C. The van der Waals surface area contributed by atoms with Gasteiger partial charge in [-0.25, -0.2) is 0 Å². The van der Waals surface area contributed by atoms with Crippen LogP contribution in [0.3, 0.4) is 0 Å². The topological polar surface area (TPSA) is 15.3 Å². The largest absolute Gasteiger partial charge is 0.307 e. The molecule has 0 radical (unpaired) electrons. The number of hydrogen-bond acceptors (Lipinski definition) is 3. The first-order valence-electron chi connectivity index (χ1n) is 4.10. The minimum absolute atomic E-state index is 0.942. The maximum atomic E-state index is 3.13. The predicted octanol–water partition coefficient (Wildman–Crippen LogP) is 1.67. The highest BCUT2D eigenvalue weighted by molar-refractivity contribution is 7.10. The number of hydrogen-bond donors (Lipinski definition) is 1. The molecule has 0 atom stereocenters. The van der Waals surface area contributed by atoms with E-state index in [1.165, 1.54) is 10.4 Å². The van der Waals surface area contributed by atoms with Crippen LogP contribution in [0.4, 0.5) is 0 Å². The van der Waals surface area contributed by atoms with Gasteiger partial charge in [-0.2, -0.15) is 0 Å². The van der Waals surface area contributed by atoms with Crippen LogP contribution >= 0.6 is 11.3 Å². The summed E-state index contributed by atoms with van der Waals surface area (Å²) in [6.45, 7) is 4.15. The van der Waals surface area contributed by atoms with Crippen LogP contribution in [0.25, 0.3) is 0 Å². The first kappa shape index (κ1) is 9.71. The Hall–Kier alpha value is -0.380. The lowest BCUT2D eigenvalue weighted by atomic mass is 10.3. The van der Waals surface area contributed by atoms with Gasteiger partial charge < -0.3 is 5.32 Å². The second-order valence-electron chi connectivity index (χ2n) is 3.05. The minimum atomic E-state index is 0.942. The number of nitrogens with zero attached hydrogens (tertiary/aromatic N) is 1. The molecule has 0 bridgehead atoms. The summed E-state index contributed by atoms with van der Waals surface area (Å²) >= 11 is 1.83. The van der Waals surface area contributed by atoms with Crippen molar-refractivity contribution in [3.63, 3.8) is 0 Å². The van der Waals surface area contributed by atoms with Gasteiger partial charge in [-0.3, -0.25) is 4.90 Å². The maximum Gasteiger partial charge on any atom is 0.0478 e. The molecule has 0 spiro atoms. The van der Waals surface area contributed by atoms with Gasteiger partial charge in [-0.15, -0.1) is 11.3 Å². The van der Waals surface area contributed by atoms with E-state index in [4.69, 9.17) is 0 Å². The third-order valence-corrected chi connectivity index (χ3v) is 2.82. The molecule has 2 nitrogen and oxygen atoms in total. The molecule has 0 saturated heterocycles. The number of rotatable bonds is 4. The fourth-order valence-corrected chi connectivity index (χ4v) is 2.12. The molecule has 0 aliphatic heterocycles. The van der Waals surface area contributed by atoms with Crippen molar-refractivity contribution in [1.82, 2.24) is 10.2 Å². The normalized spacial score (nSPS) is 11.0. The Bertz CT molecular complexity index is 232. The lowest BCUT2D eigenvalue weighted by Gasteiger charge is -2.14. The Kier molecular flexibility index (Phi) is 3.72. The minimum Gasteiger partial charge on any atom is -0.307 e. The van der Waals surface area contributed by atoms with Gasteiger partial charge in [0.1, 0.15) is 0 Å². The molecule has 0 fully saturated rings. The van der Waals surface area contributed by atoms with Crippen LogP contribution in [-0.2, 0) is 6.54 Å². The average Bonchev–Trinajstić information content (AvgIpc) is 2.37. The van der Waals surface area contributed by atoms with Gasteiger partial charge in [-0.1, -0.05) is 0 Å². The molecule has 1 aromatic rings. The second kappa shape index (κ2) is 4.60. The summed E-state index contributed by atoms with van der Waals surface area (Å²) in [5, 5.41) is 5.28. The highest BCUT2D eigenvalue weighted by atomic mass is 32.1. The van der Waals surface area contributed by atoms with E-state index in [0.717, 1.165) is 13.2 Å². The zero-order chi connectivity index (χ0) is 8.97. The smallest absolute Gasteiger partial charge is 0.0478 e. The summed E-state index contributed by atoms with van der Waals surface area (Å²) in [6.07, 6.45) is 0. The Morgan fingerprint density at radius 3 is 2.83 bits per heavy atom. The molecule has 1 aromatic heterocycles. The van der Waals surface area contributed by atoms with Gasteiger partial charge in [0.05, 0.1) is 0 Å². The zero-order valence-corrected chi connectivity index (χ0v) is 8.74. The van der Waals surface area contributed by atoms with Gasteiger partial charge in [0.15, 0.2) is 0 Å². The fraction of sp³-hybridized carbons (Fsp3) is 0.556. The molecule has 1 N–H and O–H groups in total. The van der Waals surface area contributed by atoms with Gasteiger partial charge in [0.2, 0.25) is 0 Å². The van der Waals surface area contributed by atoms with Crippen LogP contribution in [0.15, 0.2) is 11.4 Å². The van der Waals surface area contributed by atoms with E-state index in [2.05, 4.69) is 35.6 Å². The molecule has 0 aliphatic carbocycles. The molecule has 0 saturated carbocycles. The second-order valence-corrected chi connectivity index (χ2v) is 4.05. The summed E-state index contributed by atoms with van der Waals surface area (Å²) in [6, 6.07) is 2.17. The van der Waals surface area contributed by atoms with E-state index in [1.54, 1.807) is 0 Å². The molecule has 0 amide bonds. The fourth-order valence-electron chi connectivity index (χ4n) is 1.14. The monoisotopic (exact) mass is 184 g/mol. The number of aryl methyl sites for hydroxylation is 1. The van der Waals surface area contributed by atoms with Crippen molar-refractivity contribution in [3.05, 3.63) is 21.9 Å². The lowest BCUT2D eigenvalue weighted by molar-refractivity contribution is 0.312. The molecule has 3 heteroatoms. The Morgan fingerprint density at radius 1 is 1.58 bits per heavy atom. The van der Waals surface area contributed by atoms with E-state index >= 15 is 0 Å². The predicted molar refractivity (Wildman–Crippen MR) is 54.4 cm³/mol. The van der Waals surface area contributed by atoms with Crippen molar-refractivity contribution < 1.29 is 0 Å². The third-order valence-electron chi connectivity index (χ3n) is 1.81. The summed E-state index contributed by atoms with van der Waals surface area (Å²) < 4.78 is 0. The Morgan fingerprint density at radius 2 is 2.33 bits per heavy atom. The number of thiophene rings is 1. The van der Waals surface area contributed by atoms with E-state index in [0.29, 0.717) is 0 Å². The highest BCUT2D eigenvalue weighted by Gasteiger charge is 2.02. The summed E-state index contributed by atoms with van der Waals surface area (Å²) in [4.78, 5) is 3.73. The van der Waals surface area contributed by atoms with Gasteiger partial charge in [0.25, 0.3) is 0 Å². The summed E-state index contributed by atoms with van der Waals surface area (Å²) in [5.74, 6) is 0. The van der Waals surface area contributed by atoms with Crippen molar-refractivity contribution in [2.45, 2.75) is 13.5 Å². The zero-order valence-electron chi connectivity index (χ0n) is 7.92. The van der Waals surface area contributed by atoms with E-state index in [1.807, 2.05) is 18.4 Å². The molecule has 12 heavy (non-hydrogen) atoms. The third kappa shape index (κ3) is 2.59. The van der Waals surface area contributed by atoms with Gasteiger partial charge in [0, 0.05) is 18.1 Å².